The van der Waals surface area contributed by atoms with Crippen molar-refractivity contribution in [2.45, 2.75) is 19.9 Å². The standard InChI is InChI=1S/C9H16N4O/c1-4-6-8(10)11-7(5-13(2)3)12-9(6)14/h4-5H2,1-3H3,(H3,10,11,12,14). The SMILES string of the molecule is CCc1c(N)nc(CN(C)C)[nH]c1=O. The molecule has 1 aromatic rings. The van der Waals surface area contributed by atoms with Crippen LogP contribution in [0.1, 0.15) is 18.3 Å². The Kier molecular flexibility index (Phi) is 3.24. The first-order valence-electron chi connectivity index (χ1n) is 4.56. The molecule has 0 amide bonds. The van der Waals surface area contributed by atoms with Crippen LogP contribution in [0.2, 0.25) is 0 Å². The highest BCUT2D eigenvalue weighted by Gasteiger charge is 2.06. The van der Waals surface area contributed by atoms with Crippen molar-refractivity contribution in [1.29, 1.82) is 0 Å². The Bertz CT molecular complexity index is 370. The second-order valence-electron chi connectivity index (χ2n) is 3.47. The summed E-state index contributed by atoms with van der Waals surface area (Å²) in [6.45, 7) is 2.47. The van der Waals surface area contributed by atoms with E-state index in [0.717, 1.165) is 0 Å². The zero-order valence-electron chi connectivity index (χ0n) is 8.79. The summed E-state index contributed by atoms with van der Waals surface area (Å²) in [5.41, 5.74) is 6.09. The van der Waals surface area contributed by atoms with Crippen LogP contribution in [-0.2, 0) is 13.0 Å². The number of hydrogen-bond acceptors (Lipinski definition) is 4. The van der Waals surface area contributed by atoms with Crippen molar-refractivity contribution in [1.82, 2.24) is 14.9 Å². The number of aromatic amines is 1. The molecule has 0 aliphatic carbocycles. The highest BCUT2D eigenvalue weighted by Crippen LogP contribution is 2.03. The van der Waals surface area contributed by atoms with Gasteiger partial charge in [-0.25, -0.2) is 4.98 Å². The van der Waals surface area contributed by atoms with Crippen LogP contribution in [0.4, 0.5) is 5.82 Å². The monoisotopic (exact) mass is 196 g/mol. The van der Waals surface area contributed by atoms with Gasteiger partial charge in [-0.15, -0.1) is 0 Å². The first-order chi connectivity index (χ1) is 6.54. The van der Waals surface area contributed by atoms with E-state index in [1.165, 1.54) is 0 Å². The van der Waals surface area contributed by atoms with E-state index in [1.54, 1.807) is 0 Å². The molecule has 0 aliphatic heterocycles. The number of nitrogens with one attached hydrogen (secondary N) is 1. The maximum absolute atomic E-state index is 11.5. The molecule has 0 aromatic carbocycles. The predicted molar refractivity (Wildman–Crippen MR) is 56.0 cm³/mol. The Labute approximate surface area is 83.0 Å². The zero-order chi connectivity index (χ0) is 10.7. The first-order valence-corrected chi connectivity index (χ1v) is 4.56. The van der Waals surface area contributed by atoms with Gasteiger partial charge in [-0.05, 0) is 20.5 Å². The highest BCUT2D eigenvalue weighted by molar-refractivity contribution is 5.37. The van der Waals surface area contributed by atoms with Gasteiger partial charge >= 0.3 is 0 Å². The Morgan fingerprint density at radius 2 is 2.14 bits per heavy atom. The quantitative estimate of drug-likeness (QED) is 0.712. The molecule has 1 heterocycles. The van der Waals surface area contributed by atoms with Crippen molar-refractivity contribution < 1.29 is 0 Å². The number of nitrogen functional groups attached to an aromatic ring is 1. The molecule has 1 rings (SSSR count). The van der Waals surface area contributed by atoms with E-state index in [2.05, 4.69) is 9.97 Å². The summed E-state index contributed by atoms with van der Waals surface area (Å²) in [6, 6.07) is 0. The minimum absolute atomic E-state index is 0.128. The van der Waals surface area contributed by atoms with E-state index in [9.17, 15) is 4.79 Å². The molecule has 14 heavy (non-hydrogen) atoms. The molecule has 0 fully saturated rings. The molecule has 0 atom stereocenters. The van der Waals surface area contributed by atoms with Crippen molar-refractivity contribution in [3.63, 3.8) is 0 Å². The van der Waals surface area contributed by atoms with Gasteiger partial charge in [0.2, 0.25) is 0 Å². The number of aromatic nitrogens is 2. The minimum Gasteiger partial charge on any atom is -0.383 e. The minimum atomic E-state index is -0.128. The third kappa shape index (κ3) is 2.32. The summed E-state index contributed by atoms with van der Waals surface area (Å²) in [4.78, 5) is 20.2. The third-order valence-electron chi connectivity index (χ3n) is 1.92. The number of H-pyrrole nitrogens is 1. The van der Waals surface area contributed by atoms with Crippen LogP contribution in [0.25, 0.3) is 0 Å². The lowest BCUT2D eigenvalue weighted by Crippen LogP contribution is -2.22. The van der Waals surface area contributed by atoms with Crippen molar-refractivity contribution in [2.24, 2.45) is 0 Å². The largest absolute Gasteiger partial charge is 0.383 e. The van der Waals surface area contributed by atoms with Gasteiger partial charge in [-0.1, -0.05) is 6.92 Å². The van der Waals surface area contributed by atoms with Crippen molar-refractivity contribution in [3.05, 3.63) is 21.7 Å². The number of anilines is 1. The lowest BCUT2D eigenvalue weighted by atomic mass is 10.2. The number of nitrogens with two attached hydrogens (primary N) is 1. The Hall–Kier alpha value is -1.36. The first kappa shape index (κ1) is 10.7. The predicted octanol–water partition coefficient (Wildman–Crippen LogP) is -0.0239. The summed E-state index contributed by atoms with van der Waals surface area (Å²) < 4.78 is 0. The molecule has 0 saturated carbocycles. The Morgan fingerprint density at radius 1 is 1.50 bits per heavy atom. The van der Waals surface area contributed by atoms with Gasteiger partial charge in [0, 0.05) is 0 Å². The molecule has 5 heteroatoms. The summed E-state index contributed by atoms with van der Waals surface area (Å²) in [7, 11) is 3.81. The second kappa shape index (κ2) is 4.23. The Morgan fingerprint density at radius 3 is 2.57 bits per heavy atom. The fraction of sp³-hybridized carbons (Fsp3) is 0.556. The molecule has 1 aromatic heterocycles. The zero-order valence-corrected chi connectivity index (χ0v) is 8.79. The lowest BCUT2D eigenvalue weighted by Gasteiger charge is -2.09. The van der Waals surface area contributed by atoms with E-state index in [4.69, 9.17) is 5.73 Å². The molecule has 3 N–H and O–H groups in total. The summed E-state index contributed by atoms with van der Waals surface area (Å²) in [5.74, 6) is 0.947. The second-order valence-corrected chi connectivity index (χ2v) is 3.47. The van der Waals surface area contributed by atoms with Gasteiger partial charge in [0.25, 0.3) is 5.56 Å². The third-order valence-corrected chi connectivity index (χ3v) is 1.92. The van der Waals surface area contributed by atoms with Gasteiger partial charge in [0.1, 0.15) is 11.6 Å². The van der Waals surface area contributed by atoms with Gasteiger partial charge in [-0.2, -0.15) is 0 Å². The highest BCUT2D eigenvalue weighted by atomic mass is 16.1. The van der Waals surface area contributed by atoms with Crippen LogP contribution in [0, 0.1) is 0 Å². The van der Waals surface area contributed by atoms with E-state index >= 15 is 0 Å². The molecule has 5 nitrogen and oxygen atoms in total. The maximum atomic E-state index is 11.5. The molecular formula is C9H16N4O. The van der Waals surface area contributed by atoms with E-state index in [1.807, 2.05) is 25.9 Å². The van der Waals surface area contributed by atoms with Crippen molar-refractivity contribution >= 4 is 5.82 Å². The van der Waals surface area contributed by atoms with Crippen LogP contribution in [0.3, 0.4) is 0 Å². The maximum Gasteiger partial charge on any atom is 0.256 e. The number of rotatable bonds is 3. The van der Waals surface area contributed by atoms with Crippen LogP contribution in [0.15, 0.2) is 4.79 Å². The van der Waals surface area contributed by atoms with Crippen LogP contribution in [-0.4, -0.2) is 29.0 Å². The molecule has 0 saturated heterocycles. The van der Waals surface area contributed by atoms with E-state index in [0.29, 0.717) is 30.2 Å². The van der Waals surface area contributed by atoms with Gasteiger partial charge in [-0.3, -0.25) is 4.79 Å². The normalized spacial score (nSPS) is 10.9. The molecule has 0 bridgehead atoms. The number of hydrogen-bond donors (Lipinski definition) is 2. The molecule has 0 aliphatic rings. The van der Waals surface area contributed by atoms with E-state index in [-0.39, 0.29) is 5.56 Å². The van der Waals surface area contributed by atoms with Crippen molar-refractivity contribution in [3.8, 4) is 0 Å². The topological polar surface area (TPSA) is 75.0 Å². The number of nitrogens with zero attached hydrogens (tertiary/aromatic N) is 2. The summed E-state index contributed by atoms with van der Waals surface area (Å²) in [6.07, 6.45) is 0.608. The van der Waals surface area contributed by atoms with Crippen LogP contribution < -0.4 is 11.3 Å². The fourth-order valence-electron chi connectivity index (χ4n) is 1.28. The van der Waals surface area contributed by atoms with Gasteiger partial charge in [0.15, 0.2) is 0 Å². The van der Waals surface area contributed by atoms with Crippen molar-refractivity contribution in [2.75, 3.05) is 19.8 Å². The summed E-state index contributed by atoms with van der Waals surface area (Å²) >= 11 is 0. The smallest absolute Gasteiger partial charge is 0.256 e. The fourth-order valence-corrected chi connectivity index (χ4v) is 1.28. The average Bonchev–Trinajstić information content (AvgIpc) is 2.01. The van der Waals surface area contributed by atoms with Gasteiger partial charge < -0.3 is 15.6 Å². The van der Waals surface area contributed by atoms with Crippen LogP contribution in [0.5, 0.6) is 0 Å². The lowest BCUT2D eigenvalue weighted by molar-refractivity contribution is 0.390. The molecule has 0 unspecified atom stereocenters. The molecular weight excluding hydrogens is 180 g/mol. The molecule has 0 radical (unpaired) electrons. The van der Waals surface area contributed by atoms with E-state index < -0.39 is 0 Å². The van der Waals surface area contributed by atoms with Crippen LogP contribution >= 0.6 is 0 Å². The Balaban J connectivity index is 3.08. The molecule has 78 valence electrons. The average molecular weight is 196 g/mol. The van der Waals surface area contributed by atoms with Gasteiger partial charge in [0.05, 0.1) is 12.1 Å². The molecule has 0 spiro atoms. The summed E-state index contributed by atoms with van der Waals surface area (Å²) in [5, 5.41) is 0.